The standard InChI is InChI=1S/C25H25Cl2N5O5/c1-3-36-22(33)10-8-15-7-9-21-20(11-15)31(2)25(35)19(13-37-21)29-24(34)23-28-14-32(30-23)12-16-17(26)5-4-6-18(16)27/h4-7,9,11,14,19H,3,8,10,12-13H2,1-2H3,(H,29,34)/t19-/m0/s1. The lowest BCUT2D eigenvalue weighted by Gasteiger charge is -2.20. The first kappa shape index (κ1) is 26.4. The average molecular weight is 546 g/mol. The molecular formula is C25H25Cl2N5O5. The van der Waals surface area contributed by atoms with Crippen molar-refractivity contribution in [3.05, 3.63) is 69.7 Å². The largest absolute Gasteiger partial charge is 0.489 e. The number of hydrogen-bond donors (Lipinski definition) is 1. The summed E-state index contributed by atoms with van der Waals surface area (Å²) in [5, 5.41) is 7.79. The summed E-state index contributed by atoms with van der Waals surface area (Å²) in [5.41, 5.74) is 2.05. The van der Waals surface area contributed by atoms with E-state index in [1.165, 1.54) is 15.9 Å². The highest BCUT2D eigenvalue weighted by molar-refractivity contribution is 6.36. The van der Waals surface area contributed by atoms with Crippen molar-refractivity contribution in [2.45, 2.75) is 32.4 Å². The molecule has 1 N–H and O–H groups in total. The predicted molar refractivity (Wildman–Crippen MR) is 137 cm³/mol. The van der Waals surface area contributed by atoms with Gasteiger partial charge in [0.2, 0.25) is 5.82 Å². The van der Waals surface area contributed by atoms with Gasteiger partial charge in [0.1, 0.15) is 24.7 Å². The third-order valence-electron chi connectivity index (χ3n) is 5.77. The second kappa shape index (κ2) is 11.6. The molecule has 37 heavy (non-hydrogen) atoms. The van der Waals surface area contributed by atoms with Crippen LogP contribution in [0.4, 0.5) is 5.69 Å². The first-order valence-corrected chi connectivity index (χ1v) is 12.3. The zero-order valence-electron chi connectivity index (χ0n) is 20.2. The second-order valence-corrected chi connectivity index (χ2v) is 9.12. The summed E-state index contributed by atoms with van der Waals surface area (Å²) in [4.78, 5) is 43.1. The van der Waals surface area contributed by atoms with Gasteiger partial charge in [0.25, 0.3) is 11.8 Å². The molecule has 194 valence electrons. The number of benzene rings is 2. The number of esters is 1. The van der Waals surface area contributed by atoms with E-state index >= 15 is 0 Å². The van der Waals surface area contributed by atoms with E-state index in [1.807, 2.05) is 6.07 Å². The number of carbonyl (C=O) groups excluding carboxylic acids is 3. The fourth-order valence-corrected chi connectivity index (χ4v) is 4.34. The van der Waals surface area contributed by atoms with E-state index in [-0.39, 0.29) is 37.3 Å². The number of anilines is 1. The maximum Gasteiger partial charge on any atom is 0.306 e. The van der Waals surface area contributed by atoms with Crippen LogP contribution in [0.1, 0.15) is 35.1 Å². The highest BCUT2D eigenvalue weighted by atomic mass is 35.5. The van der Waals surface area contributed by atoms with Crippen molar-refractivity contribution >= 4 is 46.7 Å². The maximum absolute atomic E-state index is 13.1. The molecule has 0 radical (unpaired) electrons. The van der Waals surface area contributed by atoms with Gasteiger partial charge < -0.3 is 19.7 Å². The van der Waals surface area contributed by atoms with Crippen LogP contribution < -0.4 is 15.0 Å². The number of fused-ring (bicyclic) bond motifs is 1. The zero-order valence-corrected chi connectivity index (χ0v) is 21.8. The van der Waals surface area contributed by atoms with Gasteiger partial charge >= 0.3 is 5.97 Å². The number of halogens is 2. The third kappa shape index (κ3) is 6.20. The molecule has 2 amide bonds. The van der Waals surface area contributed by atoms with Gasteiger partial charge in [-0.2, -0.15) is 0 Å². The molecule has 0 fully saturated rings. The topological polar surface area (TPSA) is 116 Å². The predicted octanol–water partition coefficient (Wildman–Crippen LogP) is 3.28. The fraction of sp³-hybridized carbons (Fsp3) is 0.320. The Morgan fingerprint density at radius 1 is 1.22 bits per heavy atom. The van der Waals surface area contributed by atoms with E-state index in [1.54, 1.807) is 44.3 Å². The van der Waals surface area contributed by atoms with Crippen molar-refractivity contribution in [3.63, 3.8) is 0 Å². The van der Waals surface area contributed by atoms with E-state index in [0.29, 0.717) is 40.1 Å². The lowest BCUT2D eigenvalue weighted by molar-refractivity contribution is -0.143. The Morgan fingerprint density at radius 2 is 1.97 bits per heavy atom. The number of ether oxygens (including phenoxy) is 2. The SMILES string of the molecule is CCOC(=O)CCc1ccc2c(c1)N(C)C(=O)[C@@H](NC(=O)c1ncn(Cc3c(Cl)cccc3Cl)n1)CO2. The number of nitrogens with zero attached hydrogens (tertiary/aromatic N) is 4. The molecule has 1 aliphatic rings. The Morgan fingerprint density at radius 3 is 2.70 bits per heavy atom. The number of aromatic nitrogens is 3. The van der Waals surface area contributed by atoms with E-state index in [2.05, 4.69) is 15.4 Å². The quantitative estimate of drug-likeness (QED) is 0.431. The van der Waals surface area contributed by atoms with Crippen LogP contribution in [-0.4, -0.2) is 58.9 Å². The van der Waals surface area contributed by atoms with Crippen LogP contribution in [0.5, 0.6) is 5.75 Å². The third-order valence-corrected chi connectivity index (χ3v) is 6.48. The summed E-state index contributed by atoms with van der Waals surface area (Å²) in [6, 6.07) is 9.56. The number of likely N-dealkylation sites (N-methyl/N-ethyl adjacent to an activating group) is 1. The first-order chi connectivity index (χ1) is 17.8. The van der Waals surface area contributed by atoms with Crippen LogP contribution in [0.25, 0.3) is 0 Å². The first-order valence-electron chi connectivity index (χ1n) is 11.6. The molecule has 1 atom stereocenters. The minimum Gasteiger partial charge on any atom is -0.489 e. The van der Waals surface area contributed by atoms with Gasteiger partial charge in [-0.25, -0.2) is 9.67 Å². The number of nitrogens with one attached hydrogen (secondary N) is 1. The van der Waals surface area contributed by atoms with Crippen molar-refractivity contribution < 1.29 is 23.9 Å². The number of carbonyl (C=O) groups is 3. The summed E-state index contributed by atoms with van der Waals surface area (Å²) in [6.07, 6.45) is 2.08. The van der Waals surface area contributed by atoms with Crippen molar-refractivity contribution in [2.24, 2.45) is 0 Å². The van der Waals surface area contributed by atoms with Crippen molar-refractivity contribution in [1.29, 1.82) is 0 Å². The smallest absolute Gasteiger partial charge is 0.306 e. The Balaban J connectivity index is 1.42. The van der Waals surface area contributed by atoms with Gasteiger partial charge in [-0.3, -0.25) is 14.4 Å². The number of rotatable bonds is 8. The molecule has 1 aliphatic heterocycles. The Kier molecular flexibility index (Phi) is 8.30. The van der Waals surface area contributed by atoms with Crippen LogP contribution in [0, 0.1) is 0 Å². The van der Waals surface area contributed by atoms with Crippen LogP contribution in [-0.2, 0) is 27.3 Å². The molecule has 2 aromatic carbocycles. The highest BCUT2D eigenvalue weighted by Gasteiger charge is 2.31. The molecule has 0 saturated heterocycles. The Labute approximate surface area is 223 Å². The average Bonchev–Trinajstić information content (AvgIpc) is 3.32. The van der Waals surface area contributed by atoms with Crippen molar-refractivity contribution in [1.82, 2.24) is 20.1 Å². The molecule has 0 aliphatic carbocycles. The Bertz CT molecular complexity index is 1310. The highest BCUT2D eigenvalue weighted by Crippen LogP contribution is 2.32. The number of amides is 2. The van der Waals surface area contributed by atoms with E-state index < -0.39 is 11.9 Å². The van der Waals surface area contributed by atoms with Gasteiger partial charge in [0.15, 0.2) is 0 Å². The maximum atomic E-state index is 13.1. The van der Waals surface area contributed by atoms with Crippen LogP contribution in [0.15, 0.2) is 42.7 Å². The van der Waals surface area contributed by atoms with Crippen molar-refractivity contribution in [3.8, 4) is 5.75 Å². The van der Waals surface area contributed by atoms with Gasteiger partial charge in [-0.05, 0) is 43.2 Å². The van der Waals surface area contributed by atoms with Crippen LogP contribution in [0.2, 0.25) is 10.0 Å². The molecule has 0 bridgehead atoms. The lowest BCUT2D eigenvalue weighted by Crippen LogP contribution is -2.49. The summed E-state index contributed by atoms with van der Waals surface area (Å²) in [7, 11) is 1.60. The van der Waals surface area contributed by atoms with Gasteiger partial charge in [-0.1, -0.05) is 35.3 Å². The number of hydrogen-bond acceptors (Lipinski definition) is 7. The minimum atomic E-state index is -0.960. The normalized spacial score (nSPS) is 15.0. The molecule has 12 heteroatoms. The summed E-state index contributed by atoms with van der Waals surface area (Å²) >= 11 is 12.4. The van der Waals surface area contributed by atoms with Crippen LogP contribution in [0.3, 0.4) is 0 Å². The molecule has 0 spiro atoms. The lowest BCUT2D eigenvalue weighted by atomic mass is 10.1. The molecule has 2 heterocycles. The van der Waals surface area contributed by atoms with Gasteiger partial charge in [-0.15, -0.1) is 5.10 Å². The summed E-state index contributed by atoms with van der Waals surface area (Å²) in [6.45, 7) is 2.24. The molecule has 0 saturated carbocycles. The number of aryl methyl sites for hydroxylation is 1. The van der Waals surface area contributed by atoms with E-state index in [0.717, 1.165) is 5.56 Å². The molecule has 3 aromatic rings. The van der Waals surface area contributed by atoms with Gasteiger partial charge in [0.05, 0.1) is 18.8 Å². The summed E-state index contributed by atoms with van der Waals surface area (Å²) < 4.78 is 12.2. The monoisotopic (exact) mass is 545 g/mol. The molecule has 1 aromatic heterocycles. The fourth-order valence-electron chi connectivity index (χ4n) is 3.83. The van der Waals surface area contributed by atoms with Gasteiger partial charge in [0, 0.05) is 29.1 Å². The summed E-state index contributed by atoms with van der Waals surface area (Å²) in [5.74, 6) is -0.891. The van der Waals surface area contributed by atoms with Crippen molar-refractivity contribution in [2.75, 3.05) is 25.2 Å². The molecule has 0 unspecified atom stereocenters. The zero-order chi connectivity index (χ0) is 26.5. The van der Waals surface area contributed by atoms with Crippen LogP contribution >= 0.6 is 23.2 Å². The molecular weight excluding hydrogens is 521 g/mol. The van der Waals surface area contributed by atoms with E-state index in [4.69, 9.17) is 32.7 Å². The second-order valence-electron chi connectivity index (χ2n) is 8.31. The minimum absolute atomic E-state index is 0.0694. The molecule has 4 rings (SSSR count). The van der Waals surface area contributed by atoms with E-state index in [9.17, 15) is 14.4 Å². The Hall–Kier alpha value is -3.63. The molecule has 10 nitrogen and oxygen atoms in total.